The molecule has 0 bridgehead atoms. The van der Waals surface area contributed by atoms with Crippen molar-refractivity contribution in [3.8, 4) is 0 Å². The van der Waals surface area contributed by atoms with Gasteiger partial charge in [0.15, 0.2) is 0 Å². The van der Waals surface area contributed by atoms with Gasteiger partial charge in [-0.2, -0.15) is 0 Å². The molecule has 0 aliphatic carbocycles. The molecule has 0 aliphatic heterocycles. The third-order valence-corrected chi connectivity index (χ3v) is 1.75. The molecule has 0 spiro atoms. The van der Waals surface area contributed by atoms with Gasteiger partial charge in [0.1, 0.15) is 0 Å². The van der Waals surface area contributed by atoms with E-state index in [2.05, 4.69) is 6.92 Å². The van der Waals surface area contributed by atoms with E-state index in [1.54, 1.807) is 7.11 Å². The summed E-state index contributed by atoms with van der Waals surface area (Å²) in [5.41, 5.74) is 0. The Kier molecular flexibility index (Phi) is 5.84. The Bertz CT molecular complexity index is 49.7. The number of rotatable bonds is 4. The summed E-state index contributed by atoms with van der Waals surface area (Å²) in [6.45, 7) is 2.88. The van der Waals surface area contributed by atoms with Crippen LogP contribution in [0.15, 0.2) is 0 Å². The molecule has 2 nitrogen and oxygen atoms in total. The van der Waals surface area contributed by atoms with Crippen LogP contribution in [-0.2, 0) is 21.8 Å². The van der Waals surface area contributed by atoms with E-state index in [4.69, 9.17) is 7.76 Å². The standard InChI is InChI=1S/C3H7O.CH3O.CH3.Ni/c1-2-3-4;1-2;;/h2-3H2,1H3;1H3;1H3;/q2*-1;;+2. The van der Waals surface area contributed by atoms with Crippen molar-refractivity contribution in [3.05, 3.63) is 0 Å². The molecule has 0 aromatic carbocycles. The van der Waals surface area contributed by atoms with E-state index in [9.17, 15) is 0 Å². The van der Waals surface area contributed by atoms with Gasteiger partial charge in [-0.25, -0.2) is 0 Å². The average molecular weight is 164 g/mol. The third kappa shape index (κ3) is 4.57. The average Bonchev–Trinajstić information content (AvgIpc) is 1.83. The van der Waals surface area contributed by atoms with Gasteiger partial charge in [-0.3, -0.25) is 0 Å². The van der Waals surface area contributed by atoms with Crippen molar-refractivity contribution in [1.29, 1.82) is 0 Å². The molecule has 0 saturated carbocycles. The second-order valence-electron chi connectivity index (χ2n) is 1.24. The predicted octanol–water partition coefficient (Wildman–Crippen LogP) is 1.56. The molecule has 0 radical (unpaired) electrons. The summed E-state index contributed by atoms with van der Waals surface area (Å²) in [6.07, 6.45) is 1.06. The van der Waals surface area contributed by atoms with E-state index >= 15 is 0 Å². The molecule has 3 heteroatoms. The molecule has 0 saturated heterocycles. The van der Waals surface area contributed by atoms with Gasteiger partial charge in [-0.05, 0) is 0 Å². The van der Waals surface area contributed by atoms with Gasteiger partial charge in [-0.1, -0.05) is 0 Å². The van der Waals surface area contributed by atoms with Crippen molar-refractivity contribution >= 4 is 0 Å². The molecule has 0 N–H and O–H groups in total. The Balaban J connectivity index is 2.86. The van der Waals surface area contributed by atoms with Crippen LogP contribution in [0, 0.1) is 0 Å². The van der Waals surface area contributed by atoms with Gasteiger partial charge in [0.2, 0.25) is 0 Å². The van der Waals surface area contributed by atoms with Crippen LogP contribution in [0.5, 0.6) is 0 Å². The zero-order valence-corrected chi connectivity index (χ0v) is 6.53. The molecule has 55 valence electrons. The minimum atomic E-state index is -0.392. The normalized spacial score (nSPS) is 11.6. The fourth-order valence-corrected chi connectivity index (χ4v) is 0.795. The van der Waals surface area contributed by atoms with Crippen LogP contribution in [0.25, 0.3) is 0 Å². The summed E-state index contributed by atoms with van der Waals surface area (Å²) < 4.78 is 10.0. The Morgan fingerprint density at radius 3 is 2.50 bits per heavy atom. The first-order valence-corrected chi connectivity index (χ1v) is 4.27. The van der Waals surface area contributed by atoms with Gasteiger partial charge >= 0.3 is 54.8 Å². The second-order valence-corrected chi connectivity index (χ2v) is 2.89. The molecule has 8 heavy (non-hydrogen) atoms. The van der Waals surface area contributed by atoms with E-state index in [-0.39, 0.29) is 0 Å². The zero-order valence-electron chi connectivity index (χ0n) is 5.55. The molecule has 0 rings (SSSR count). The van der Waals surface area contributed by atoms with E-state index in [1.165, 1.54) is 0 Å². The predicted molar refractivity (Wildman–Crippen MR) is 29.1 cm³/mol. The molecule has 0 unspecified atom stereocenters. The Hall–Kier alpha value is 0.414. The van der Waals surface area contributed by atoms with Gasteiger partial charge in [-0.15, -0.1) is 0 Å². The molecular formula is C5H13NiO2. The van der Waals surface area contributed by atoms with Gasteiger partial charge in [0, 0.05) is 0 Å². The maximum atomic E-state index is 5.16. The molecule has 0 atom stereocenters. The zero-order chi connectivity index (χ0) is 6.41. The third-order valence-electron chi connectivity index (χ3n) is 0.579. The van der Waals surface area contributed by atoms with Crippen molar-refractivity contribution < 1.29 is 21.8 Å². The first-order valence-electron chi connectivity index (χ1n) is 2.48. The van der Waals surface area contributed by atoms with Crippen LogP contribution in [0.4, 0.5) is 0 Å². The fraction of sp³-hybridized carbons (Fsp3) is 1.00. The second kappa shape index (κ2) is 5.55. The van der Waals surface area contributed by atoms with E-state index < -0.39 is 14.1 Å². The van der Waals surface area contributed by atoms with Crippen molar-refractivity contribution in [1.82, 2.24) is 0 Å². The molecule has 0 aromatic heterocycles. The Morgan fingerprint density at radius 1 is 1.50 bits per heavy atom. The topological polar surface area (TPSA) is 18.5 Å². The van der Waals surface area contributed by atoms with Crippen LogP contribution in [0.2, 0.25) is 5.89 Å². The monoisotopic (exact) mass is 163 g/mol. The number of hydrogen-bond acceptors (Lipinski definition) is 2. The quantitative estimate of drug-likeness (QED) is 0.586. The summed E-state index contributed by atoms with van der Waals surface area (Å²) >= 11 is -0.392. The molecule has 0 amide bonds. The molecule has 0 fully saturated rings. The maximum absolute atomic E-state index is 5.16. The summed E-state index contributed by atoms with van der Waals surface area (Å²) in [5, 5.41) is 0. The molecule has 0 heterocycles. The SMILES string of the molecule is CCC[O][Ni]([CH3])[O]C. The summed E-state index contributed by atoms with van der Waals surface area (Å²) in [6, 6.07) is 0. The summed E-state index contributed by atoms with van der Waals surface area (Å²) in [7, 11) is 1.66. The van der Waals surface area contributed by atoms with Crippen molar-refractivity contribution in [2.75, 3.05) is 13.7 Å². The first-order chi connectivity index (χ1) is 3.81. The summed E-state index contributed by atoms with van der Waals surface area (Å²) in [5.74, 6) is 1.93. The van der Waals surface area contributed by atoms with Crippen molar-refractivity contribution in [2.45, 2.75) is 19.2 Å². The van der Waals surface area contributed by atoms with Crippen LogP contribution < -0.4 is 0 Å². The van der Waals surface area contributed by atoms with Crippen LogP contribution >= 0.6 is 0 Å². The Labute approximate surface area is 55.4 Å². The Morgan fingerprint density at radius 2 is 2.12 bits per heavy atom. The minimum absolute atomic E-state index is 0.392. The van der Waals surface area contributed by atoms with Gasteiger partial charge in [0.05, 0.1) is 0 Å². The number of hydrogen-bond donors (Lipinski definition) is 0. The van der Waals surface area contributed by atoms with Crippen LogP contribution in [-0.4, -0.2) is 13.7 Å². The fourth-order valence-electron chi connectivity index (χ4n) is 0.193. The van der Waals surface area contributed by atoms with E-state index in [1.807, 2.05) is 5.89 Å². The molecular weight excluding hydrogens is 151 g/mol. The van der Waals surface area contributed by atoms with Crippen molar-refractivity contribution in [3.63, 3.8) is 0 Å². The van der Waals surface area contributed by atoms with E-state index in [0.717, 1.165) is 13.0 Å². The summed E-state index contributed by atoms with van der Waals surface area (Å²) in [4.78, 5) is 0. The van der Waals surface area contributed by atoms with E-state index in [0.29, 0.717) is 0 Å². The molecule has 0 aromatic rings. The van der Waals surface area contributed by atoms with Gasteiger partial charge < -0.3 is 0 Å². The first kappa shape index (κ1) is 8.41. The molecule has 0 aliphatic rings. The van der Waals surface area contributed by atoms with Crippen LogP contribution in [0.3, 0.4) is 0 Å². The van der Waals surface area contributed by atoms with Gasteiger partial charge in [0.25, 0.3) is 0 Å². The van der Waals surface area contributed by atoms with Crippen molar-refractivity contribution in [2.24, 2.45) is 0 Å². The van der Waals surface area contributed by atoms with Crippen LogP contribution in [0.1, 0.15) is 13.3 Å².